The van der Waals surface area contributed by atoms with Crippen molar-refractivity contribution in [3.8, 4) is 11.3 Å². The van der Waals surface area contributed by atoms with Gasteiger partial charge in [-0.1, -0.05) is 60.7 Å². The highest BCUT2D eigenvalue weighted by molar-refractivity contribution is 5.98. The molecule has 0 aliphatic rings. The lowest BCUT2D eigenvalue weighted by atomic mass is 9.98. The first-order valence-corrected chi connectivity index (χ1v) is 7.08. The molecule has 0 N–H and O–H groups in total. The number of aryl methyl sites for hydroxylation is 1. The summed E-state index contributed by atoms with van der Waals surface area (Å²) in [4.78, 5) is 12.5. The molecule has 0 amide bonds. The van der Waals surface area contributed by atoms with Gasteiger partial charge < -0.3 is 0 Å². The summed E-state index contributed by atoms with van der Waals surface area (Å²) < 4.78 is 0. The van der Waals surface area contributed by atoms with E-state index in [1.165, 1.54) is 0 Å². The fraction of sp³-hybridized carbons (Fsp3) is 0.111. The predicted molar refractivity (Wildman–Crippen MR) is 84.5 cm³/mol. The Bertz CT molecular complexity index is 786. The van der Waals surface area contributed by atoms with Gasteiger partial charge in [-0.15, -0.1) is 10.2 Å². The first-order chi connectivity index (χ1) is 10.8. The van der Waals surface area contributed by atoms with E-state index in [0.717, 1.165) is 22.5 Å². The molecule has 2 aromatic carbocycles. The van der Waals surface area contributed by atoms with E-state index in [1.807, 2.05) is 67.6 Å². The van der Waals surface area contributed by atoms with Crippen LogP contribution in [0.1, 0.15) is 21.6 Å². The molecule has 108 valence electrons. The molecule has 0 saturated heterocycles. The molecule has 1 heterocycles. The summed E-state index contributed by atoms with van der Waals surface area (Å²) >= 11 is 0. The third-order valence-electron chi connectivity index (χ3n) is 3.54. The molecule has 0 aliphatic heterocycles. The zero-order chi connectivity index (χ0) is 15.4. The second-order valence-corrected chi connectivity index (χ2v) is 5.03. The summed E-state index contributed by atoms with van der Waals surface area (Å²) in [6.07, 6.45) is 0.266. The van der Waals surface area contributed by atoms with Gasteiger partial charge in [0.25, 0.3) is 0 Å². The topological polar surface area (TPSA) is 55.7 Å². The van der Waals surface area contributed by atoms with Gasteiger partial charge in [-0.25, -0.2) is 0 Å². The molecule has 3 aromatic rings. The average Bonchev–Trinajstić information content (AvgIpc) is 2.58. The van der Waals surface area contributed by atoms with Gasteiger partial charge in [-0.2, -0.15) is 0 Å². The highest BCUT2D eigenvalue weighted by Gasteiger charge is 2.16. The van der Waals surface area contributed by atoms with E-state index in [9.17, 15) is 4.79 Å². The van der Waals surface area contributed by atoms with Crippen molar-refractivity contribution in [2.24, 2.45) is 0 Å². The number of aromatic nitrogens is 3. The average molecular weight is 289 g/mol. The minimum Gasteiger partial charge on any atom is -0.294 e. The van der Waals surface area contributed by atoms with Gasteiger partial charge in [0.2, 0.25) is 0 Å². The Hall–Kier alpha value is -2.88. The highest BCUT2D eigenvalue weighted by atomic mass is 16.1. The quantitative estimate of drug-likeness (QED) is 0.692. The van der Waals surface area contributed by atoms with Crippen LogP contribution in [0.2, 0.25) is 0 Å². The van der Waals surface area contributed by atoms with E-state index >= 15 is 0 Å². The van der Waals surface area contributed by atoms with Gasteiger partial charge >= 0.3 is 0 Å². The van der Waals surface area contributed by atoms with Crippen LogP contribution in [-0.4, -0.2) is 21.2 Å². The Morgan fingerprint density at radius 2 is 1.55 bits per heavy atom. The molecule has 0 fully saturated rings. The fourth-order valence-electron chi connectivity index (χ4n) is 2.35. The van der Waals surface area contributed by atoms with E-state index in [4.69, 9.17) is 0 Å². The van der Waals surface area contributed by atoms with Gasteiger partial charge in [0.05, 0.1) is 5.69 Å². The maximum atomic E-state index is 12.5. The molecule has 0 bridgehead atoms. The second-order valence-electron chi connectivity index (χ2n) is 5.03. The lowest BCUT2D eigenvalue weighted by Crippen LogP contribution is -2.09. The molecule has 3 rings (SSSR count). The van der Waals surface area contributed by atoms with Crippen LogP contribution in [0.25, 0.3) is 11.3 Å². The molecule has 0 spiro atoms. The molecule has 1 aromatic heterocycles. The van der Waals surface area contributed by atoms with Gasteiger partial charge in [0.15, 0.2) is 5.78 Å². The van der Waals surface area contributed by atoms with Crippen molar-refractivity contribution in [2.75, 3.05) is 0 Å². The minimum absolute atomic E-state index is 0.0516. The number of rotatable bonds is 4. The lowest BCUT2D eigenvalue weighted by Gasteiger charge is -2.09. The Labute approximate surface area is 128 Å². The monoisotopic (exact) mass is 289 g/mol. The van der Waals surface area contributed by atoms with Crippen molar-refractivity contribution < 1.29 is 4.79 Å². The number of carbonyl (C=O) groups excluding carboxylic acids is 1. The third-order valence-corrected chi connectivity index (χ3v) is 3.54. The maximum absolute atomic E-state index is 12.5. The van der Waals surface area contributed by atoms with Crippen LogP contribution in [-0.2, 0) is 6.42 Å². The van der Waals surface area contributed by atoms with Crippen molar-refractivity contribution in [1.82, 2.24) is 15.4 Å². The SMILES string of the molecule is Cc1nnnc(-c2ccccc2)c1CC(=O)c1ccccc1. The Morgan fingerprint density at radius 1 is 0.909 bits per heavy atom. The van der Waals surface area contributed by atoms with Gasteiger partial charge in [-0.05, 0) is 12.1 Å². The normalized spacial score (nSPS) is 10.4. The molecule has 0 unspecified atom stereocenters. The van der Waals surface area contributed by atoms with Crippen LogP contribution in [0.4, 0.5) is 0 Å². The number of nitrogens with zero attached hydrogens (tertiary/aromatic N) is 3. The van der Waals surface area contributed by atoms with Crippen molar-refractivity contribution in [3.05, 3.63) is 77.5 Å². The highest BCUT2D eigenvalue weighted by Crippen LogP contribution is 2.23. The standard InChI is InChI=1S/C18H15N3O/c1-13-16(12-17(22)14-8-4-2-5-9-14)18(20-21-19-13)15-10-6-3-7-11-15/h2-11H,12H2,1H3. The van der Waals surface area contributed by atoms with E-state index in [-0.39, 0.29) is 12.2 Å². The molecule has 0 atom stereocenters. The van der Waals surface area contributed by atoms with Crippen LogP contribution in [0.5, 0.6) is 0 Å². The van der Waals surface area contributed by atoms with E-state index in [2.05, 4.69) is 15.4 Å². The molecule has 0 radical (unpaired) electrons. The van der Waals surface area contributed by atoms with Crippen molar-refractivity contribution >= 4 is 5.78 Å². The number of ketones is 1. The summed E-state index contributed by atoms with van der Waals surface area (Å²) in [6, 6.07) is 19.0. The van der Waals surface area contributed by atoms with Crippen molar-refractivity contribution in [2.45, 2.75) is 13.3 Å². The molecule has 0 saturated carbocycles. The zero-order valence-corrected chi connectivity index (χ0v) is 12.2. The fourth-order valence-corrected chi connectivity index (χ4v) is 2.35. The zero-order valence-electron chi connectivity index (χ0n) is 12.2. The Kier molecular flexibility index (Phi) is 4.01. The first-order valence-electron chi connectivity index (χ1n) is 7.08. The number of benzene rings is 2. The summed E-state index contributed by atoms with van der Waals surface area (Å²) in [6.45, 7) is 1.86. The molecule has 4 heteroatoms. The molecule has 4 nitrogen and oxygen atoms in total. The van der Waals surface area contributed by atoms with Gasteiger partial charge in [0.1, 0.15) is 5.69 Å². The number of Topliss-reactive ketones (excluding diaryl/α,β-unsaturated/α-hetero) is 1. The number of hydrogen-bond acceptors (Lipinski definition) is 4. The predicted octanol–water partition coefficient (Wildman–Crippen LogP) is 3.27. The Morgan fingerprint density at radius 3 is 2.23 bits per heavy atom. The number of carbonyl (C=O) groups is 1. The first kappa shape index (κ1) is 14.1. The third kappa shape index (κ3) is 2.91. The van der Waals surface area contributed by atoms with E-state index in [0.29, 0.717) is 5.56 Å². The van der Waals surface area contributed by atoms with Crippen LogP contribution in [0, 0.1) is 6.92 Å². The van der Waals surface area contributed by atoms with Crippen molar-refractivity contribution in [3.63, 3.8) is 0 Å². The number of hydrogen-bond donors (Lipinski definition) is 0. The smallest absolute Gasteiger partial charge is 0.167 e. The summed E-state index contributed by atoms with van der Waals surface area (Å²) in [5.41, 5.74) is 3.92. The summed E-state index contributed by atoms with van der Waals surface area (Å²) in [5.74, 6) is 0.0516. The van der Waals surface area contributed by atoms with Gasteiger partial charge in [0, 0.05) is 23.1 Å². The maximum Gasteiger partial charge on any atom is 0.167 e. The summed E-state index contributed by atoms with van der Waals surface area (Å²) in [7, 11) is 0. The lowest BCUT2D eigenvalue weighted by molar-refractivity contribution is 0.0992. The minimum atomic E-state index is 0.0516. The molecule has 22 heavy (non-hydrogen) atoms. The Balaban J connectivity index is 1.99. The van der Waals surface area contributed by atoms with Crippen LogP contribution < -0.4 is 0 Å². The van der Waals surface area contributed by atoms with Crippen LogP contribution >= 0.6 is 0 Å². The summed E-state index contributed by atoms with van der Waals surface area (Å²) in [5, 5.41) is 11.9. The molecule has 0 aliphatic carbocycles. The van der Waals surface area contributed by atoms with Crippen LogP contribution in [0.15, 0.2) is 60.7 Å². The van der Waals surface area contributed by atoms with Crippen molar-refractivity contribution in [1.29, 1.82) is 0 Å². The second kappa shape index (κ2) is 6.26. The molecular weight excluding hydrogens is 274 g/mol. The van der Waals surface area contributed by atoms with E-state index in [1.54, 1.807) is 0 Å². The molecular formula is C18H15N3O. The largest absolute Gasteiger partial charge is 0.294 e. The van der Waals surface area contributed by atoms with Gasteiger partial charge in [-0.3, -0.25) is 4.79 Å². The van der Waals surface area contributed by atoms with Crippen LogP contribution in [0.3, 0.4) is 0 Å². The van der Waals surface area contributed by atoms with E-state index < -0.39 is 0 Å².